The number of nitro benzene ring substituents is 1. The largest absolute Gasteiger partial charge is 0.334 e. The summed E-state index contributed by atoms with van der Waals surface area (Å²) in [5.74, 6) is -0.0888. The fraction of sp³-hybridized carbons (Fsp3) is 0.0714. The molecule has 1 N–H and O–H groups in total. The van der Waals surface area contributed by atoms with Gasteiger partial charge in [-0.2, -0.15) is 0 Å². The molecule has 0 radical (unpaired) electrons. The SMILES string of the molecule is O=C1NCN2c3ccc([N+](=O)[O-])cc3Sc3cccc1c32. The molecule has 0 saturated heterocycles. The van der Waals surface area contributed by atoms with Gasteiger partial charge in [0.25, 0.3) is 11.6 Å². The van der Waals surface area contributed by atoms with Crippen LogP contribution in [0.4, 0.5) is 17.1 Å². The molecule has 0 saturated carbocycles. The Morgan fingerprint density at radius 3 is 2.90 bits per heavy atom. The predicted octanol–water partition coefficient (Wildman–Crippen LogP) is 2.90. The maximum absolute atomic E-state index is 11.9. The molecule has 104 valence electrons. The first kappa shape index (κ1) is 12.2. The zero-order chi connectivity index (χ0) is 14.6. The molecule has 0 unspecified atom stereocenters. The van der Waals surface area contributed by atoms with Crippen molar-refractivity contribution in [2.75, 3.05) is 11.6 Å². The number of hydrogen-bond acceptors (Lipinski definition) is 5. The van der Waals surface area contributed by atoms with E-state index in [1.54, 1.807) is 18.2 Å². The summed E-state index contributed by atoms with van der Waals surface area (Å²) >= 11 is 1.46. The van der Waals surface area contributed by atoms with E-state index in [1.807, 2.05) is 17.0 Å². The van der Waals surface area contributed by atoms with E-state index in [0.29, 0.717) is 12.2 Å². The van der Waals surface area contributed by atoms with Gasteiger partial charge in [-0.3, -0.25) is 14.9 Å². The summed E-state index contributed by atoms with van der Waals surface area (Å²) in [6.07, 6.45) is 0. The number of nitrogens with zero attached hydrogens (tertiary/aromatic N) is 2. The number of rotatable bonds is 1. The molecule has 0 aromatic heterocycles. The van der Waals surface area contributed by atoms with E-state index >= 15 is 0 Å². The quantitative estimate of drug-likeness (QED) is 0.647. The van der Waals surface area contributed by atoms with Gasteiger partial charge < -0.3 is 10.2 Å². The van der Waals surface area contributed by atoms with Crippen molar-refractivity contribution in [2.24, 2.45) is 0 Å². The van der Waals surface area contributed by atoms with Crippen molar-refractivity contribution >= 4 is 34.7 Å². The zero-order valence-electron chi connectivity index (χ0n) is 10.7. The molecule has 1 amide bonds. The number of anilines is 2. The number of fused-ring (bicyclic) bond motifs is 2. The Bertz CT molecular complexity index is 806. The van der Waals surface area contributed by atoms with E-state index in [9.17, 15) is 14.9 Å². The number of nitrogens with one attached hydrogen (secondary N) is 1. The van der Waals surface area contributed by atoms with Crippen LogP contribution >= 0.6 is 11.8 Å². The molecular weight excluding hydrogens is 290 g/mol. The van der Waals surface area contributed by atoms with Gasteiger partial charge in [-0.25, -0.2) is 0 Å². The highest BCUT2D eigenvalue weighted by atomic mass is 32.2. The Labute approximate surface area is 123 Å². The minimum Gasteiger partial charge on any atom is -0.334 e. The highest BCUT2D eigenvalue weighted by Crippen LogP contribution is 2.50. The molecule has 0 spiro atoms. The highest BCUT2D eigenvalue weighted by Gasteiger charge is 2.32. The third-order valence-electron chi connectivity index (χ3n) is 3.58. The van der Waals surface area contributed by atoms with E-state index in [1.165, 1.54) is 17.8 Å². The number of amides is 1. The average Bonchev–Trinajstić information content (AvgIpc) is 2.49. The smallest absolute Gasteiger partial charge is 0.270 e. The van der Waals surface area contributed by atoms with Crippen molar-refractivity contribution < 1.29 is 9.72 Å². The Morgan fingerprint density at radius 2 is 2.10 bits per heavy atom. The van der Waals surface area contributed by atoms with Crippen LogP contribution in [0.1, 0.15) is 10.4 Å². The van der Waals surface area contributed by atoms with E-state index in [2.05, 4.69) is 5.32 Å². The van der Waals surface area contributed by atoms with Gasteiger partial charge in [-0.05, 0) is 18.2 Å². The van der Waals surface area contributed by atoms with Crippen molar-refractivity contribution in [3.8, 4) is 0 Å². The second kappa shape index (κ2) is 4.23. The van der Waals surface area contributed by atoms with Crippen LogP contribution in [0.25, 0.3) is 0 Å². The van der Waals surface area contributed by atoms with Crippen molar-refractivity contribution in [1.82, 2.24) is 5.32 Å². The van der Waals surface area contributed by atoms with Gasteiger partial charge in [0.1, 0.15) is 0 Å². The number of nitro groups is 1. The first-order valence-corrected chi connectivity index (χ1v) is 7.12. The predicted molar refractivity (Wildman–Crippen MR) is 78.1 cm³/mol. The van der Waals surface area contributed by atoms with Crippen LogP contribution < -0.4 is 10.2 Å². The first-order chi connectivity index (χ1) is 10.1. The number of carbonyl (C=O) groups is 1. The van der Waals surface area contributed by atoms with Gasteiger partial charge in [0, 0.05) is 21.9 Å². The summed E-state index contributed by atoms with van der Waals surface area (Å²) < 4.78 is 0. The van der Waals surface area contributed by atoms with Crippen LogP contribution in [0.3, 0.4) is 0 Å². The lowest BCUT2D eigenvalue weighted by atomic mass is 10.1. The van der Waals surface area contributed by atoms with E-state index < -0.39 is 4.92 Å². The summed E-state index contributed by atoms with van der Waals surface area (Å²) in [4.78, 5) is 26.2. The second-order valence-electron chi connectivity index (χ2n) is 4.76. The minimum atomic E-state index is -0.398. The molecule has 21 heavy (non-hydrogen) atoms. The fourth-order valence-electron chi connectivity index (χ4n) is 2.64. The number of para-hydroxylation sites is 1. The van der Waals surface area contributed by atoms with Crippen molar-refractivity contribution in [2.45, 2.75) is 9.79 Å². The van der Waals surface area contributed by atoms with Gasteiger partial charge in [-0.1, -0.05) is 17.8 Å². The van der Waals surface area contributed by atoms with E-state index in [4.69, 9.17) is 0 Å². The molecule has 0 aliphatic carbocycles. The first-order valence-electron chi connectivity index (χ1n) is 6.30. The van der Waals surface area contributed by atoms with E-state index in [0.717, 1.165) is 21.2 Å². The molecule has 2 aromatic rings. The third-order valence-corrected chi connectivity index (χ3v) is 4.67. The van der Waals surface area contributed by atoms with Crippen molar-refractivity contribution in [3.05, 3.63) is 52.1 Å². The van der Waals surface area contributed by atoms with Gasteiger partial charge in [0.15, 0.2) is 0 Å². The lowest BCUT2D eigenvalue weighted by Gasteiger charge is -2.37. The summed E-state index contributed by atoms with van der Waals surface area (Å²) in [5.41, 5.74) is 2.47. The molecule has 0 bridgehead atoms. The summed E-state index contributed by atoms with van der Waals surface area (Å²) in [6, 6.07) is 10.3. The van der Waals surface area contributed by atoms with Gasteiger partial charge in [0.2, 0.25) is 0 Å². The summed E-state index contributed by atoms with van der Waals surface area (Å²) in [5, 5.41) is 13.7. The van der Waals surface area contributed by atoms with Crippen LogP contribution in [-0.4, -0.2) is 17.5 Å². The van der Waals surface area contributed by atoms with Gasteiger partial charge in [-0.15, -0.1) is 0 Å². The molecule has 4 rings (SSSR count). The van der Waals surface area contributed by atoms with Crippen LogP contribution in [0.15, 0.2) is 46.2 Å². The van der Waals surface area contributed by atoms with Crippen LogP contribution in [-0.2, 0) is 0 Å². The molecule has 2 aromatic carbocycles. The average molecular weight is 299 g/mol. The molecular formula is C14H9N3O3S. The fourth-order valence-corrected chi connectivity index (χ4v) is 3.80. The number of carbonyl (C=O) groups excluding carboxylic acids is 1. The molecule has 2 heterocycles. The summed E-state index contributed by atoms with van der Waals surface area (Å²) in [6.45, 7) is 0.369. The third kappa shape index (κ3) is 1.71. The molecule has 0 fully saturated rings. The molecule has 2 aliphatic rings. The normalized spacial score (nSPS) is 15.0. The Balaban J connectivity index is 1.92. The number of non-ortho nitro benzene ring substituents is 1. The summed E-state index contributed by atoms with van der Waals surface area (Å²) in [7, 11) is 0. The van der Waals surface area contributed by atoms with Crippen molar-refractivity contribution in [3.63, 3.8) is 0 Å². The monoisotopic (exact) mass is 299 g/mol. The van der Waals surface area contributed by atoms with Crippen LogP contribution in [0, 0.1) is 10.1 Å². The van der Waals surface area contributed by atoms with E-state index in [-0.39, 0.29) is 11.6 Å². The Hall–Kier alpha value is -2.54. The lowest BCUT2D eigenvalue weighted by Crippen LogP contribution is -2.42. The zero-order valence-corrected chi connectivity index (χ0v) is 11.5. The maximum Gasteiger partial charge on any atom is 0.270 e. The van der Waals surface area contributed by atoms with Crippen molar-refractivity contribution in [1.29, 1.82) is 0 Å². The van der Waals surface area contributed by atoms with Crippen LogP contribution in [0.5, 0.6) is 0 Å². The number of benzene rings is 2. The molecule has 6 nitrogen and oxygen atoms in total. The minimum absolute atomic E-state index is 0.0712. The standard InChI is InChI=1S/C14H9N3O3S/c18-14-9-2-1-3-11-13(9)16(7-15-14)10-5-4-8(17(19)20)6-12(10)21-11/h1-6H,7H2,(H,15,18). The Morgan fingerprint density at radius 1 is 1.24 bits per heavy atom. The molecule has 2 aliphatic heterocycles. The molecule has 0 atom stereocenters. The molecule has 7 heteroatoms. The maximum atomic E-state index is 11.9. The second-order valence-corrected chi connectivity index (χ2v) is 5.84. The van der Waals surface area contributed by atoms with Crippen LogP contribution in [0.2, 0.25) is 0 Å². The number of hydrogen-bond donors (Lipinski definition) is 1. The van der Waals surface area contributed by atoms with Gasteiger partial charge in [0.05, 0.1) is 28.5 Å². The topological polar surface area (TPSA) is 75.5 Å². The van der Waals surface area contributed by atoms with Gasteiger partial charge >= 0.3 is 0 Å². The Kier molecular flexibility index (Phi) is 2.46. The highest BCUT2D eigenvalue weighted by molar-refractivity contribution is 7.99. The lowest BCUT2D eigenvalue weighted by molar-refractivity contribution is -0.385.